The van der Waals surface area contributed by atoms with Crippen LogP contribution in [0.3, 0.4) is 0 Å². The number of ketones is 1. The molecule has 1 unspecified atom stereocenters. The number of piperidine rings is 1. The smallest absolute Gasteiger partial charge is 0.319 e. The second-order valence-corrected chi connectivity index (χ2v) is 7.47. The van der Waals surface area contributed by atoms with E-state index in [1.165, 1.54) is 6.92 Å². The molecule has 3 rings (SSSR count). The van der Waals surface area contributed by atoms with Crippen molar-refractivity contribution in [3.63, 3.8) is 0 Å². The first-order chi connectivity index (χ1) is 14.5. The molecule has 3 amide bonds. The lowest BCUT2D eigenvalue weighted by atomic mass is 10.0. The lowest BCUT2D eigenvalue weighted by Gasteiger charge is -2.35. The number of carbonyl (C=O) groups excluding carboxylic acids is 3. The van der Waals surface area contributed by atoms with E-state index < -0.39 is 0 Å². The van der Waals surface area contributed by atoms with Crippen molar-refractivity contribution in [3.05, 3.63) is 60.2 Å². The van der Waals surface area contributed by atoms with Gasteiger partial charge in [-0.25, -0.2) is 4.79 Å². The van der Waals surface area contributed by atoms with E-state index >= 15 is 0 Å². The van der Waals surface area contributed by atoms with Crippen LogP contribution in [0.25, 0.3) is 0 Å². The summed E-state index contributed by atoms with van der Waals surface area (Å²) in [4.78, 5) is 38.6. The number of hydrogen-bond donors (Lipinski definition) is 3. The van der Waals surface area contributed by atoms with E-state index in [2.05, 4.69) is 20.9 Å². The normalized spacial score (nSPS) is 16.5. The molecule has 0 aromatic heterocycles. The number of amides is 3. The van der Waals surface area contributed by atoms with Gasteiger partial charge in [-0.2, -0.15) is 0 Å². The number of Topliss-reactive ketones (excluding diaryl/α,β-unsaturated/α-hetero) is 1. The third kappa shape index (κ3) is 6.15. The van der Waals surface area contributed by atoms with E-state index in [0.29, 0.717) is 17.8 Å². The van der Waals surface area contributed by atoms with E-state index in [1.807, 2.05) is 30.3 Å². The van der Waals surface area contributed by atoms with E-state index in [4.69, 9.17) is 0 Å². The van der Waals surface area contributed by atoms with E-state index in [1.54, 1.807) is 24.3 Å². The summed E-state index contributed by atoms with van der Waals surface area (Å²) in [6.07, 6.45) is 3.00. The molecule has 1 fully saturated rings. The number of rotatable bonds is 7. The Hall–Kier alpha value is -3.19. The average molecular weight is 409 g/mol. The first kappa shape index (κ1) is 21.5. The lowest BCUT2D eigenvalue weighted by molar-refractivity contribution is -0.118. The SMILES string of the molecule is CC(=O)c1ccccc1NC(=O)CN1CCCCC1CNC(=O)Nc1ccccc1. The van der Waals surface area contributed by atoms with Gasteiger partial charge in [-0.05, 0) is 50.6 Å². The molecule has 30 heavy (non-hydrogen) atoms. The van der Waals surface area contributed by atoms with Gasteiger partial charge in [-0.15, -0.1) is 0 Å². The first-order valence-electron chi connectivity index (χ1n) is 10.3. The lowest BCUT2D eigenvalue weighted by Crippen LogP contribution is -2.49. The van der Waals surface area contributed by atoms with Gasteiger partial charge in [0.25, 0.3) is 0 Å². The molecule has 0 saturated carbocycles. The molecule has 1 heterocycles. The molecule has 0 bridgehead atoms. The highest BCUT2D eigenvalue weighted by atomic mass is 16.2. The number of hydrogen-bond acceptors (Lipinski definition) is 4. The van der Waals surface area contributed by atoms with Crippen molar-refractivity contribution in [2.75, 3.05) is 30.3 Å². The predicted molar refractivity (Wildman–Crippen MR) is 118 cm³/mol. The molecule has 2 aromatic rings. The molecule has 0 aliphatic carbocycles. The maximum atomic E-state index is 12.6. The highest BCUT2D eigenvalue weighted by Crippen LogP contribution is 2.18. The van der Waals surface area contributed by atoms with Crippen LogP contribution in [0.5, 0.6) is 0 Å². The maximum Gasteiger partial charge on any atom is 0.319 e. The van der Waals surface area contributed by atoms with Crippen molar-refractivity contribution < 1.29 is 14.4 Å². The van der Waals surface area contributed by atoms with Crippen LogP contribution in [-0.2, 0) is 4.79 Å². The van der Waals surface area contributed by atoms with Crippen LogP contribution in [0.15, 0.2) is 54.6 Å². The molecule has 0 radical (unpaired) electrons. The van der Waals surface area contributed by atoms with Gasteiger partial charge in [0.05, 0.1) is 12.2 Å². The second kappa shape index (κ2) is 10.5. The number of para-hydroxylation sites is 2. The van der Waals surface area contributed by atoms with Gasteiger partial charge < -0.3 is 16.0 Å². The van der Waals surface area contributed by atoms with Crippen molar-refractivity contribution in [1.82, 2.24) is 10.2 Å². The molecule has 1 atom stereocenters. The molecule has 1 aliphatic heterocycles. The zero-order valence-corrected chi connectivity index (χ0v) is 17.2. The number of anilines is 2. The van der Waals surface area contributed by atoms with Crippen molar-refractivity contribution in [1.29, 1.82) is 0 Å². The summed E-state index contributed by atoms with van der Waals surface area (Å²) in [5.41, 5.74) is 1.77. The van der Waals surface area contributed by atoms with Crippen LogP contribution < -0.4 is 16.0 Å². The summed E-state index contributed by atoms with van der Waals surface area (Å²) in [6.45, 7) is 2.97. The topological polar surface area (TPSA) is 90.5 Å². The van der Waals surface area contributed by atoms with Crippen molar-refractivity contribution in [2.45, 2.75) is 32.2 Å². The Morgan fingerprint density at radius 1 is 0.967 bits per heavy atom. The average Bonchev–Trinajstić information content (AvgIpc) is 2.74. The van der Waals surface area contributed by atoms with E-state index in [0.717, 1.165) is 31.5 Å². The molecule has 1 aliphatic rings. The van der Waals surface area contributed by atoms with Gasteiger partial charge in [0.2, 0.25) is 5.91 Å². The van der Waals surface area contributed by atoms with Crippen LogP contribution in [0.1, 0.15) is 36.5 Å². The third-order valence-electron chi connectivity index (χ3n) is 5.21. The predicted octanol–water partition coefficient (Wildman–Crippen LogP) is 3.50. The number of likely N-dealkylation sites (tertiary alicyclic amines) is 1. The fourth-order valence-electron chi connectivity index (χ4n) is 3.68. The van der Waals surface area contributed by atoms with Crippen LogP contribution in [0.4, 0.5) is 16.2 Å². The van der Waals surface area contributed by atoms with Gasteiger partial charge in [0, 0.05) is 23.8 Å². The van der Waals surface area contributed by atoms with Crippen molar-refractivity contribution in [2.24, 2.45) is 0 Å². The highest BCUT2D eigenvalue weighted by molar-refractivity contribution is 6.04. The fourth-order valence-corrected chi connectivity index (χ4v) is 3.68. The van der Waals surface area contributed by atoms with Gasteiger partial charge in [-0.3, -0.25) is 14.5 Å². The van der Waals surface area contributed by atoms with Gasteiger partial charge in [0.15, 0.2) is 5.78 Å². The molecule has 1 saturated heterocycles. The van der Waals surface area contributed by atoms with Crippen LogP contribution in [-0.4, -0.2) is 48.3 Å². The number of urea groups is 1. The number of nitrogens with one attached hydrogen (secondary N) is 3. The summed E-state index contributed by atoms with van der Waals surface area (Å²) < 4.78 is 0. The van der Waals surface area contributed by atoms with Crippen molar-refractivity contribution in [3.8, 4) is 0 Å². The maximum absolute atomic E-state index is 12.6. The summed E-state index contributed by atoms with van der Waals surface area (Å²) in [6, 6.07) is 16.1. The highest BCUT2D eigenvalue weighted by Gasteiger charge is 2.25. The monoisotopic (exact) mass is 408 g/mol. The molecule has 7 nitrogen and oxygen atoms in total. The molecule has 3 N–H and O–H groups in total. The van der Waals surface area contributed by atoms with Gasteiger partial charge in [-0.1, -0.05) is 36.8 Å². The van der Waals surface area contributed by atoms with E-state index in [-0.39, 0.29) is 30.3 Å². The van der Waals surface area contributed by atoms with Crippen molar-refractivity contribution >= 4 is 29.1 Å². The Balaban J connectivity index is 1.53. The Morgan fingerprint density at radius 2 is 1.70 bits per heavy atom. The zero-order valence-electron chi connectivity index (χ0n) is 17.2. The Bertz CT molecular complexity index is 885. The Morgan fingerprint density at radius 3 is 2.47 bits per heavy atom. The number of benzene rings is 2. The minimum atomic E-state index is -0.258. The molecule has 2 aromatic carbocycles. The zero-order chi connectivity index (χ0) is 21.3. The van der Waals surface area contributed by atoms with Gasteiger partial charge in [0.1, 0.15) is 0 Å². The van der Waals surface area contributed by atoms with Crippen LogP contribution in [0, 0.1) is 0 Å². The number of carbonyl (C=O) groups is 3. The van der Waals surface area contributed by atoms with E-state index in [9.17, 15) is 14.4 Å². The quantitative estimate of drug-likeness (QED) is 0.612. The van der Waals surface area contributed by atoms with Crippen LogP contribution in [0.2, 0.25) is 0 Å². The molecular weight excluding hydrogens is 380 g/mol. The molecule has 0 spiro atoms. The summed E-state index contributed by atoms with van der Waals surface area (Å²) in [5.74, 6) is -0.250. The third-order valence-corrected chi connectivity index (χ3v) is 5.21. The Kier molecular flexibility index (Phi) is 7.57. The first-order valence-corrected chi connectivity index (χ1v) is 10.3. The molecular formula is C23H28N4O3. The van der Waals surface area contributed by atoms with Crippen LogP contribution >= 0.6 is 0 Å². The minimum absolute atomic E-state index is 0.0876. The Labute approximate surface area is 176 Å². The molecule has 7 heteroatoms. The van der Waals surface area contributed by atoms with Gasteiger partial charge >= 0.3 is 6.03 Å². The summed E-state index contributed by atoms with van der Waals surface area (Å²) >= 11 is 0. The minimum Gasteiger partial charge on any atom is -0.336 e. The fraction of sp³-hybridized carbons (Fsp3) is 0.348. The second-order valence-electron chi connectivity index (χ2n) is 7.47. The largest absolute Gasteiger partial charge is 0.336 e. The summed E-state index contributed by atoms with van der Waals surface area (Å²) in [7, 11) is 0. The standard InChI is InChI=1S/C23H28N4O3/c1-17(28)20-12-5-6-13-21(20)26-22(29)16-27-14-8-7-11-19(27)15-24-23(30)25-18-9-3-2-4-10-18/h2-6,9-10,12-13,19H,7-8,11,14-16H2,1H3,(H,26,29)(H2,24,25,30). The number of nitrogens with zero attached hydrogens (tertiary/aromatic N) is 1. The summed E-state index contributed by atoms with van der Waals surface area (Å²) in [5, 5.41) is 8.57. The molecule has 158 valence electrons.